The van der Waals surface area contributed by atoms with Crippen molar-refractivity contribution < 1.29 is 5.11 Å². The fourth-order valence-corrected chi connectivity index (χ4v) is 4.05. The maximum atomic E-state index is 9.63. The molecule has 0 aliphatic heterocycles. The van der Waals surface area contributed by atoms with Crippen molar-refractivity contribution in [1.82, 2.24) is 19.5 Å². The van der Waals surface area contributed by atoms with Crippen LogP contribution in [0.1, 0.15) is 43.4 Å². The molecule has 0 spiro atoms. The molecule has 5 heteroatoms. The largest absolute Gasteiger partial charge is 0.506 e. The second-order valence-electron chi connectivity index (χ2n) is 8.56. The van der Waals surface area contributed by atoms with Gasteiger partial charge in [0.25, 0.3) is 0 Å². The van der Waals surface area contributed by atoms with E-state index in [2.05, 4.69) is 86.0 Å². The third-order valence-corrected chi connectivity index (χ3v) is 6.36. The predicted molar refractivity (Wildman–Crippen MR) is 123 cm³/mol. The van der Waals surface area contributed by atoms with Crippen LogP contribution in [0.4, 0.5) is 0 Å². The lowest BCUT2D eigenvalue weighted by Gasteiger charge is -2.34. The van der Waals surface area contributed by atoms with Crippen molar-refractivity contribution in [2.75, 3.05) is 0 Å². The summed E-state index contributed by atoms with van der Waals surface area (Å²) in [5, 5.41) is 9.63. The summed E-state index contributed by atoms with van der Waals surface area (Å²) in [7, 11) is 0. The molecule has 3 aromatic heterocycles. The summed E-state index contributed by atoms with van der Waals surface area (Å²) in [5.41, 5.74) is 6.14. The smallest absolute Gasteiger partial charge is 0.234 e. The molecule has 1 atom stereocenters. The Labute approximate surface area is 183 Å². The minimum atomic E-state index is -0.268. The number of nitrogens with zero attached hydrogens (tertiary/aromatic N) is 4. The second-order valence-corrected chi connectivity index (χ2v) is 8.56. The number of aryl methyl sites for hydroxylation is 2. The van der Waals surface area contributed by atoms with Crippen molar-refractivity contribution in [3.05, 3.63) is 89.8 Å². The van der Waals surface area contributed by atoms with Gasteiger partial charge in [-0.1, -0.05) is 38.1 Å². The van der Waals surface area contributed by atoms with Crippen LogP contribution >= 0.6 is 0 Å². The van der Waals surface area contributed by atoms with Crippen LogP contribution in [0.25, 0.3) is 17.1 Å². The number of benzene rings is 1. The third kappa shape index (κ3) is 3.72. The fourth-order valence-electron chi connectivity index (χ4n) is 4.05. The average Bonchev–Trinajstić information content (AvgIpc) is 3.12. The maximum absolute atomic E-state index is 9.63. The maximum Gasteiger partial charge on any atom is 0.234 e. The molecular weight excluding hydrogens is 384 g/mol. The van der Waals surface area contributed by atoms with Gasteiger partial charge in [-0.3, -0.25) is 9.55 Å². The molecule has 0 aliphatic rings. The van der Waals surface area contributed by atoms with Gasteiger partial charge in [-0.15, -0.1) is 0 Å². The van der Waals surface area contributed by atoms with Crippen LogP contribution in [-0.4, -0.2) is 24.6 Å². The quantitative estimate of drug-likeness (QED) is 0.462. The zero-order valence-corrected chi connectivity index (χ0v) is 18.7. The van der Waals surface area contributed by atoms with Gasteiger partial charge in [-0.05, 0) is 62.1 Å². The van der Waals surface area contributed by atoms with Gasteiger partial charge >= 0.3 is 0 Å². The monoisotopic (exact) mass is 412 g/mol. The molecule has 0 radical (unpaired) electrons. The molecule has 1 aromatic carbocycles. The molecule has 0 amide bonds. The Morgan fingerprint density at radius 2 is 1.39 bits per heavy atom. The van der Waals surface area contributed by atoms with E-state index in [-0.39, 0.29) is 11.2 Å². The Balaban J connectivity index is 1.65. The van der Waals surface area contributed by atoms with E-state index in [9.17, 15) is 5.11 Å². The normalized spacial score (nSPS) is 13.4. The summed E-state index contributed by atoms with van der Waals surface area (Å²) in [4.78, 5) is 13.7. The molecule has 0 saturated carbocycles. The van der Waals surface area contributed by atoms with Crippen molar-refractivity contribution in [1.29, 1.82) is 0 Å². The van der Waals surface area contributed by atoms with E-state index < -0.39 is 0 Å². The molecule has 4 aromatic rings. The van der Waals surface area contributed by atoms with Crippen molar-refractivity contribution in [3.8, 4) is 22.8 Å². The van der Waals surface area contributed by atoms with Gasteiger partial charge in [0.1, 0.15) is 5.75 Å². The second kappa shape index (κ2) is 7.99. The summed E-state index contributed by atoms with van der Waals surface area (Å²) in [6.45, 7) is 10.7. The minimum Gasteiger partial charge on any atom is -0.506 e. The first-order valence-electron chi connectivity index (χ1n) is 10.5. The van der Waals surface area contributed by atoms with Crippen LogP contribution < -0.4 is 0 Å². The highest BCUT2D eigenvalue weighted by Gasteiger charge is 2.34. The number of aromatic nitrogens is 4. The summed E-state index contributed by atoms with van der Waals surface area (Å²) in [6.07, 6.45) is 5.26. The first-order chi connectivity index (χ1) is 14.8. The van der Waals surface area contributed by atoms with Crippen molar-refractivity contribution >= 4 is 0 Å². The Bertz CT molecular complexity index is 1160. The predicted octanol–water partition coefficient (Wildman–Crippen LogP) is 5.61. The highest BCUT2D eigenvalue weighted by Crippen LogP contribution is 2.38. The summed E-state index contributed by atoms with van der Waals surface area (Å²) in [5.74, 6) is 1.19. The highest BCUT2D eigenvalue weighted by molar-refractivity contribution is 5.62. The van der Waals surface area contributed by atoms with Gasteiger partial charge < -0.3 is 5.11 Å². The Hall–Kier alpha value is -3.47. The van der Waals surface area contributed by atoms with E-state index in [4.69, 9.17) is 0 Å². The van der Waals surface area contributed by atoms with Gasteiger partial charge in [0.05, 0.1) is 11.9 Å². The zero-order valence-electron chi connectivity index (χ0n) is 18.7. The number of rotatable bonds is 5. The van der Waals surface area contributed by atoms with E-state index in [1.807, 2.05) is 23.0 Å². The van der Waals surface area contributed by atoms with Gasteiger partial charge in [0.2, 0.25) is 5.95 Å². The topological polar surface area (TPSA) is 63.8 Å². The van der Waals surface area contributed by atoms with Crippen LogP contribution in [0.2, 0.25) is 0 Å². The van der Waals surface area contributed by atoms with Crippen molar-refractivity contribution in [2.45, 2.75) is 40.0 Å². The first kappa shape index (κ1) is 20.8. The van der Waals surface area contributed by atoms with Gasteiger partial charge in [0.15, 0.2) is 0 Å². The first-order valence-corrected chi connectivity index (χ1v) is 10.5. The van der Waals surface area contributed by atoms with E-state index in [0.717, 1.165) is 28.2 Å². The van der Waals surface area contributed by atoms with E-state index in [1.165, 1.54) is 11.8 Å². The number of hydrogen-bond acceptors (Lipinski definition) is 4. The molecule has 5 nitrogen and oxygen atoms in total. The molecule has 0 saturated heterocycles. The van der Waals surface area contributed by atoms with Crippen LogP contribution in [0.3, 0.4) is 0 Å². The van der Waals surface area contributed by atoms with Crippen LogP contribution in [0, 0.1) is 19.8 Å². The molecule has 1 unspecified atom stereocenters. The van der Waals surface area contributed by atoms with Gasteiger partial charge in [0, 0.05) is 34.8 Å². The zero-order chi connectivity index (χ0) is 22.2. The van der Waals surface area contributed by atoms with Gasteiger partial charge in [-0.2, -0.15) is 0 Å². The Morgan fingerprint density at radius 1 is 0.774 bits per heavy atom. The number of pyridine rings is 1. The summed E-state index contributed by atoms with van der Waals surface area (Å²) >= 11 is 0. The Kier molecular flexibility index (Phi) is 5.36. The van der Waals surface area contributed by atoms with Crippen molar-refractivity contribution in [2.24, 2.45) is 5.92 Å². The average molecular weight is 413 g/mol. The highest BCUT2D eigenvalue weighted by atomic mass is 16.3. The number of hydrogen-bond donors (Lipinski definition) is 1. The molecule has 0 aliphatic carbocycles. The molecule has 31 heavy (non-hydrogen) atoms. The third-order valence-electron chi connectivity index (χ3n) is 6.36. The molecule has 1 N–H and O–H groups in total. The van der Waals surface area contributed by atoms with Gasteiger partial charge in [-0.25, -0.2) is 9.97 Å². The molecule has 4 rings (SSSR count). The Morgan fingerprint density at radius 3 is 1.90 bits per heavy atom. The van der Waals surface area contributed by atoms with Crippen LogP contribution in [0.5, 0.6) is 5.75 Å². The molecular formula is C26H28N4O. The summed E-state index contributed by atoms with van der Waals surface area (Å²) in [6, 6.07) is 16.3. The molecule has 0 fully saturated rings. The fraction of sp³-hybridized carbons (Fsp3) is 0.269. The molecule has 0 bridgehead atoms. The van der Waals surface area contributed by atoms with Crippen molar-refractivity contribution in [3.63, 3.8) is 0 Å². The van der Waals surface area contributed by atoms with E-state index >= 15 is 0 Å². The lowest BCUT2D eigenvalue weighted by molar-refractivity contribution is 0.393. The lowest BCUT2D eigenvalue weighted by atomic mass is 9.70. The van der Waals surface area contributed by atoms with Crippen LogP contribution in [-0.2, 0) is 5.41 Å². The number of aromatic hydroxyl groups is 1. The van der Waals surface area contributed by atoms with E-state index in [1.54, 1.807) is 6.07 Å². The lowest BCUT2D eigenvalue weighted by Crippen LogP contribution is -2.31. The molecule has 158 valence electrons. The minimum absolute atomic E-state index is 0.180. The van der Waals surface area contributed by atoms with E-state index in [0.29, 0.717) is 11.9 Å². The standard InChI is InChI=1S/C26H28N4O/c1-17(2)26(5,24-13-12-23(31)16-27-24)22-10-8-20(9-11-22)21-14-28-25(29-15-21)30-18(3)6-7-19(30)4/h6-17,31H,1-5H3. The molecule has 3 heterocycles. The summed E-state index contributed by atoms with van der Waals surface area (Å²) < 4.78 is 2.05. The SMILES string of the molecule is Cc1ccc(C)n1-c1ncc(-c2ccc(C(C)(c3ccc(O)cn3)C(C)C)cc2)cn1. The van der Waals surface area contributed by atoms with Crippen LogP contribution in [0.15, 0.2) is 67.1 Å².